The number of likely N-dealkylation sites (tertiary alicyclic amines) is 1. The molecule has 1 aromatic rings. The van der Waals surface area contributed by atoms with Crippen LogP contribution in [0.2, 0.25) is 5.15 Å². The number of pyridine rings is 1. The third-order valence-electron chi connectivity index (χ3n) is 3.79. The summed E-state index contributed by atoms with van der Waals surface area (Å²) in [6.45, 7) is 8.06. The second-order valence-corrected chi connectivity index (χ2v) is 5.46. The first-order valence-corrected chi connectivity index (χ1v) is 7.18. The number of piperidine rings is 1. The van der Waals surface area contributed by atoms with Gasteiger partial charge in [0, 0.05) is 12.6 Å². The number of anilines is 1. The maximum atomic E-state index is 5.90. The van der Waals surface area contributed by atoms with Gasteiger partial charge in [0.15, 0.2) is 0 Å². The minimum absolute atomic E-state index is 0.435. The zero-order chi connectivity index (χ0) is 13.0. The Balaban J connectivity index is 1.93. The Hall–Kier alpha value is -0.800. The first-order chi connectivity index (χ1) is 8.69. The van der Waals surface area contributed by atoms with E-state index in [1.807, 2.05) is 12.1 Å². The van der Waals surface area contributed by atoms with E-state index < -0.39 is 0 Å². The molecule has 3 nitrogen and oxygen atoms in total. The van der Waals surface area contributed by atoms with Crippen molar-refractivity contribution in [2.75, 3.05) is 25.0 Å². The van der Waals surface area contributed by atoms with Gasteiger partial charge in [0.05, 0.1) is 0 Å². The third kappa shape index (κ3) is 3.59. The van der Waals surface area contributed by atoms with Crippen LogP contribution in [0.25, 0.3) is 0 Å². The quantitative estimate of drug-likeness (QED) is 0.849. The van der Waals surface area contributed by atoms with Crippen LogP contribution < -0.4 is 5.32 Å². The highest BCUT2D eigenvalue weighted by molar-refractivity contribution is 6.29. The molecule has 2 heterocycles. The highest BCUT2D eigenvalue weighted by Crippen LogP contribution is 2.22. The van der Waals surface area contributed by atoms with Crippen molar-refractivity contribution >= 4 is 17.4 Å². The van der Waals surface area contributed by atoms with Gasteiger partial charge in [-0.15, -0.1) is 0 Å². The Morgan fingerprint density at radius 3 is 3.11 bits per heavy atom. The highest BCUT2D eigenvalue weighted by Gasteiger charge is 2.23. The van der Waals surface area contributed by atoms with Gasteiger partial charge in [-0.1, -0.05) is 24.6 Å². The van der Waals surface area contributed by atoms with E-state index in [0.29, 0.717) is 17.1 Å². The number of nitrogens with one attached hydrogen (secondary N) is 1. The van der Waals surface area contributed by atoms with Gasteiger partial charge in [-0.25, -0.2) is 4.98 Å². The molecule has 1 aliphatic rings. The molecule has 2 unspecified atom stereocenters. The van der Waals surface area contributed by atoms with Crippen molar-refractivity contribution in [1.82, 2.24) is 9.88 Å². The fourth-order valence-electron chi connectivity index (χ4n) is 2.63. The summed E-state index contributed by atoms with van der Waals surface area (Å²) in [7, 11) is 0. The van der Waals surface area contributed by atoms with E-state index in [1.165, 1.54) is 25.9 Å². The van der Waals surface area contributed by atoms with Gasteiger partial charge in [0.2, 0.25) is 0 Å². The molecule has 1 fully saturated rings. The van der Waals surface area contributed by atoms with Crippen LogP contribution in [-0.4, -0.2) is 35.6 Å². The van der Waals surface area contributed by atoms with Gasteiger partial charge in [-0.3, -0.25) is 0 Å². The monoisotopic (exact) mass is 267 g/mol. The molecule has 1 aromatic heterocycles. The molecule has 2 atom stereocenters. The molecule has 18 heavy (non-hydrogen) atoms. The summed E-state index contributed by atoms with van der Waals surface area (Å²) < 4.78 is 0. The van der Waals surface area contributed by atoms with E-state index in [1.54, 1.807) is 6.07 Å². The smallest absolute Gasteiger partial charge is 0.131 e. The number of nitrogens with zero attached hydrogens (tertiary/aromatic N) is 2. The van der Waals surface area contributed by atoms with E-state index in [4.69, 9.17) is 11.6 Å². The molecule has 2 rings (SSSR count). The number of hydrogen-bond acceptors (Lipinski definition) is 3. The average Bonchev–Trinajstić information content (AvgIpc) is 2.39. The number of rotatable bonds is 4. The molecule has 0 aromatic carbocycles. The Bertz CT molecular complexity index is 383. The molecule has 0 aliphatic carbocycles. The lowest BCUT2D eigenvalue weighted by Gasteiger charge is -2.35. The molecular weight excluding hydrogens is 246 g/mol. The first kappa shape index (κ1) is 13.6. The number of halogens is 1. The molecule has 0 radical (unpaired) electrons. The lowest BCUT2D eigenvalue weighted by atomic mass is 9.91. The van der Waals surface area contributed by atoms with Crippen LogP contribution in [0.5, 0.6) is 0 Å². The fourth-order valence-corrected chi connectivity index (χ4v) is 2.79. The lowest BCUT2D eigenvalue weighted by Crippen LogP contribution is -2.41. The van der Waals surface area contributed by atoms with Crippen LogP contribution in [0.4, 0.5) is 5.82 Å². The second kappa shape index (κ2) is 6.39. The van der Waals surface area contributed by atoms with Crippen molar-refractivity contribution < 1.29 is 0 Å². The van der Waals surface area contributed by atoms with Gasteiger partial charge >= 0.3 is 0 Å². The zero-order valence-electron chi connectivity index (χ0n) is 11.2. The Labute approximate surface area is 115 Å². The molecule has 100 valence electrons. The van der Waals surface area contributed by atoms with Crippen molar-refractivity contribution in [1.29, 1.82) is 0 Å². The van der Waals surface area contributed by atoms with Crippen LogP contribution in [0, 0.1) is 5.92 Å². The summed E-state index contributed by atoms with van der Waals surface area (Å²) in [6.07, 6.45) is 2.60. The van der Waals surface area contributed by atoms with Crippen LogP contribution >= 0.6 is 11.6 Å². The minimum atomic E-state index is 0.435. The molecule has 0 bridgehead atoms. The Morgan fingerprint density at radius 2 is 2.39 bits per heavy atom. The summed E-state index contributed by atoms with van der Waals surface area (Å²) >= 11 is 5.90. The topological polar surface area (TPSA) is 28.2 Å². The maximum absolute atomic E-state index is 5.90. The summed E-state index contributed by atoms with van der Waals surface area (Å²) in [4.78, 5) is 6.81. The summed E-state index contributed by atoms with van der Waals surface area (Å²) in [6, 6.07) is 6.15. The average molecular weight is 268 g/mol. The van der Waals surface area contributed by atoms with Crippen LogP contribution in [0.3, 0.4) is 0 Å². The van der Waals surface area contributed by atoms with Crippen molar-refractivity contribution in [2.24, 2.45) is 5.92 Å². The molecule has 4 heteroatoms. The predicted molar refractivity (Wildman–Crippen MR) is 77.2 cm³/mol. The minimum Gasteiger partial charge on any atom is -0.367 e. The van der Waals surface area contributed by atoms with Crippen molar-refractivity contribution in [3.8, 4) is 0 Å². The van der Waals surface area contributed by atoms with E-state index >= 15 is 0 Å². The Kier molecular flexibility index (Phi) is 4.84. The largest absolute Gasteiger partial charge is 0.367 e. The summed E-state index contributed by atoms with van der Waals surface area (Å²) in [5.41, 5.74) is 0. The Morgan fingerprint density at radius 1 is 1.56 bits per heavy atom. The summed E-state index contributed by atoms with van der Waals surface area (Å²) in [5.74, 6) is 1.57. The number of hydrogen-bond donors (Lipinski definition) is 1. The van der Waals surface area contributed by atoms with Crippen molar-refractivity contribution in [3.63, 3.8) is 0 Å². The van der Waals surface area contributed by atoms with Crippen LogP contribution in [0.1, 0.15) is 26.7 Å². The molecule has 0 saturated carbocycles. The predicted octanol–water partition coefficient (Wildman–Crippen LogP) is 3.27. The molecule has 0 amide bonds. The fraction of sp³-hybridized carbons (Fsp3) is 0.643. The molecule has 1 saturated heterocycles. The molecule has 1 aliphatic heterocycles. The normalized spacial score (nSPS) is 22.7. The van der Waals surface area contributed by atoms with E-state index in [0.717, 1.165) is 12.4 Å². The first-order valence-electron chi connectivity index (χ1n) is 6.80. The van der Waals surface area contributed by atoms with Crippen molar-refractivity contribution in [2.45, 2.75) is 32.7 Å². The molecular formula is C14H22ClN3. The number of aromatic nitrogens is 1. The third-order valence-corrected chi connectivity index (χ3v) is 4.00. The SMILES string of the molecule is CCN1CCCC(C(C)Nc2cccc(Cl)n2)C1. The van der Waals surface area contributed by atoms with Gasteiger partial charge in [0.25, 0.3) is 0 Å². The summed E-state index contributed by atoms with van der Waals surface area (Å²) in [5, 5.41) is 4.02. The standard InChI is InChI=1S/C14H22ClN3/c1-3-18-9-5-6-12(10-18)11(2)16-14-8-4-7-13(15)17-14/h4,7-8,11-12H,3,5-6,9-10H2,1-2H3,(H,16,17). The van der Waals surface area contributed by atoms with E-state index in [9.17, 15) is 0 Å². The molecule has 0 spiro atoms. The van der Waals surface area contributed by atoms with Gasteiger partial charge in [-0.05, 0) is 50.9 Å². The van der Waals surface area contributed by atoms with Crippen LogP contribution in [-0.2, 0) is 0 Å². The lowest BCUT2D eigenvalue weighted by molar-refractivity contribution is 0.172. The van der Waals surface area contributed by atoms with Gasteiger partial charge < -0.3 is 10.2 Å². The highest BCUT2D eigenvalue weighted by atomic mass is 35.5. The van der Waals surface area contributed by atoms with E-state index in [2.05, 4.69) is 29.0 Å². The van der Waals surface area contributed by atoms with Gasteiger partial charge in [0.1, 0.15) is 11.0 Å². The maximum Gasteiger partial charge on any atom is 0.131 e. The van der Waals surface area contributed by atoms with E-state index in [-0.39, 0.29) is 0 Å². The van der Waals surface area contributed by atoms with Crippen LogP contribution in [0.15, 0.2) is 18.2 Å². The second-order valence-electron chi connectivity index (χ2n) is 5.07. The van der Waals surface area contributed by atoms with Crippen molar-refractivity contribution in [3.05, 3.63) is 23.4 Å². The zero-order valence-corrected chi connectivity index (χ0v) is 12.0. The van der Waals surface area contributed by atoms with Gasteiger partial charge in [-0.2, -0.15) is 0 Å². The molecule has 1 N–H and O–H groups in total.